The quantitative estimate of drug-likeness (QED) is 0.786. The maximum atomic E-state index is 12.4. The second-order valence-electron chi connectivity index (χ2n) is 4.32. The minimum Gasteiger partial charge on any atom is -0.507 e. The Balaban J connectivity index is 2.94. The summed E-state index contributed by atoms with van der Waals surface area (Å²) in [6, 6.07) is 4.63. The minimum atomic E-state index is -0.213. The van der Waals surface area contributed by atoms with E-state index in [2.05, 4.69) is 6.92 Å². The lowest BCUT2D eigenvalue weighted by atomic mass is 10.1. The summed E-state index contributed by atoms with van der Waals surface area (Å²) in [4.78, 5) is 14.0. The molecule has 0 heterocycles. The van der Waals surface area contributed by atoms with E-state index in [1.165, 1.54) is 13.2 Å². The van der Waals surface area contributed by atoms with E-state index in [0.717, 1.165) is 12.8 Å². The number of methoxy groups -OCH3 is 1. The van der Waals surface area contributed by atoms with Gasteiger partial charge in [-0.2, -0.15) is 0 Å². The van der Waals surface area contributed by atoms with Gasteiger partial charge in [-0.05, 0) is 24.6 Å². The first-order valence-electron chi connectivity index (χ1n) is 6.50. The Morgan fingerprint density at radius 2 is 2.16 bits per heavy atom. The fourth-order valence-electron chi connectivity index (χ4n) is 1.80. The summed E-state index contributed by atoms with van der Waals surface area (Å²) in [6.07, 6.45) is 1.91. The summed E-state index contributed by atoms with van der Waals surface area (Å²) >= 11 is 0. The van der Waals surface area contributed by atoms with Gasteiger partial charge in [-0.15, -0.1) is 0 Å². The van der Waals surface area contributed by atoms with Gasteiger partial charge in [0.2, 0.25) is 0 Å². The predicted octanol–water partition coefficient (Wildman–Crippen LogP) is 1.60. The molecule has 5 nitrogen and oxygen atoms in total. The number of carbonyl (C=O) groups is 1. The topological polar surface area (TPSA) is 75.8 Å². The van der Waals surface area contributed by atoms with Crippen molar-refractivity contribution in [2.75, 3.05) is 26.7 Å². The fourth-order valence-corrected chi connectivity index (χ4v) is 1.80. The number of unbranched alkanes of at least 4 members (excludes halogenated alkanes) is 1. The van der Waals surface area contributed by atoms with Crippen molar-refractivity contribution >= 4 is 5.91 Å². The molecule has 0 aliphatic carbocycles. The third-order valence-corrected chi connectivity index (χ3v) is 2.90. The largest absolute Gasteiger partial charge is 0.507 e. The molecule has 1 rings (SSSR count). The van der Waals surface area contributed by atoms with Crippen LogP contribution in [0, 0.1) is 0 Å². The number of benzene rings is 1. The molecule has 0 aromatic heterocycles. The molecule has 0 saturated heterocycles. The van der Waals surface area contributed by atoms with Gasteiger partial charge < -0.3 is 20.5 Å². The number of phenols is 1. The molecule has 1 aromatic carbocycles. The van der Waals surface area contributed by atoms with E-state index in [9.17, 15) is 9.90 Å². The normalized spacial score (nSPS) is 10.3. The van der Waals surface area contributed by atoms with Gasteiger partial charge in [0.15, 0.2) is 0 Å². The van der Waals surface area contributed by atoms with Crippen LogP contribution in [0.5, 0.6) is 11.5 Å². The Morgan fingerprint density at radius 1 is 1.42 bits per heavy atom. The van der Waals surface area contributed by atoms with Crippen molar-refractivity contribution < 1.29 is 14.6 Å². The van der Waals surface area contributed by atoms with E-state index >= 15 is 0 Å². The van der Waals surface area contributed by atoms with Crippen LogP contribution in [0.1, 0.15) is 30.1 Å². The Hall–Kier alpha value is -1.75. The number of nitrogens with zero attached hydrogens (tertiary/aromatic N) is 1. The maximum absolute atomic E-state index is 12.4. The van der Waals surface area contributed by atoms with Crippen molar-refractivity contribution in [3.63, 3.8) is 0 Å². The molecule has 0 atom stereocenters. The second kappa shape index (κ2) is 7.63. The Bertz CT molecular complexity index is 421. The van der Waals surface area contributed by atoms with Crippen LogP contribution in [-0.4, -0.2) is 42.7 Å². The molecular formula is C14H22N2O3. The average Bonchev–Trinajstić information content (AvgIpc) is 2.43. The van der Waals surface area contributed by atoms with Crippen molar-refractivity contribution in [1.82, 2.24) is 4.90 Å². The number of aromatic hydroxyl groups is 1. The monoisotopic (exact) mass is 266 g/mol. The Morgan fingerprint density at radius 3 is 2.74 bits per heavy atom. The summed E-state index contributed by atoms with van der Waals surface area (Å²) in [5.74, 6) is 0.295. The van der Waals surface area contributed by atoms with E-state index in [0.29, 0.717) is 25.4 Å². The van der Waals surface area contributed by atoms with Crippen LogP contribution < -0.4 is 10.5 Å². The molecule has 1 amide bonds. The Labute approximate surface area is 114 Å². The lowest BCUT2D eigenvalue weighted by Gasteiger charge is -2.22. The standard InChI is InChI=1S/C14H22N2O3/c1-3-4-8-16(9-7-15)14(18)12-10-11(19-2)5-6-13(12)17/h5-6,10,17H,3-4,7-9,15H2,1-2H3. The zero-order chi connectivity index (χ0) is 14.3. The van der Waals surface area contributed by atoms with Gasteiger partial charge in [-0.3, -0.25) is 4.79 Å². The molecule has 0 radical (unpaired) electrons. The third-order valence-electron chi connectivity index (χ3n) is 2.90. The van der Waals surface area contributed by atoms with Crippen LogP contribution in [0.25, 0.3) is 0 Å². The predicted molar refractivity (Wildman–Crippen MR) is 74.5 cm³/mol. The summed E-state index contributed by atoms with van der Waals surface area (Å²) < 4.78 is 5.07. The van der Waals surface area contributed by atoms with Gasteiger partial charge in [0.25, 0.3) is 5.91 Å². The molecule has 1 aromatic rings. The SMILES string of the molecule is CCCCN(CCN)C(=O)c1cc(OC)ccc1O. The van der Waals surface area contributed by atoms with Gasteiger partial charge in [-0.1, -0.05) is 13.3 Å². The zero-order valence-electron chi connectivity index (χ0n) is 11.6. The molecule has 0 aliphatic rings. The highest BCUT2D eigenvalue weighted by Gasteiger charge is 2.18. The third kappa shape index (κ3) is 4.13. The molecule has 106 valence electrons. The fraction of sp³-hybridized carbons (Fsp3) is 0.500. The lowest BCUT2D eigenvalue weighted by molar-refractivity contribution is 0.0754. The first-order chi connectivity index (χ1) is 9.13. The van der Waals surface area contributed by atoms with Crippen molar-refractivity contribution in [2.45, 2.75) is 19.8 Å². The Kier molecular flexibility index (Phi) is 6.15. The van der Waals surface area contributed by atoms with Gasteiger partial charge in [0, 0.05) is 19.6 Å². The molecule has 19 heavy (non-hydrogen) atoms. The van der Waals surface area contributed by atoms with Crippen LogP contribution >= 0.6 is 0 Å². The van der Waals surface area contributed by atoms with Crippen molar-refractivity contribution in [3.8, 4) is 11.5 Å². The molecule has 0 bridgehead atoms. The van der Waals surface area contributed by atoms with Crippen molar-refractivity contribution in [1.29, 1.82) is 0 Å². The summed E-state index contributed by atoms with van der Waals surface area (Å²) in [5, 5.41) is 9.81. The van der Waals surface area contributed by atoms with Gasteiger partial charge in [0.05, 0.1) is 12.7 Å². The highest BCUT2D eigenvalue weighted by molar-refractivity contribution is 5.97. The maximum Gasteiger partial charge on any atom is 0.257 e. The smallest absolute Gasteiger partial charge is 0.257 e. The highest BCUT2D eigenvalue weighted by atomic mass is 16.5. The van der Waals surface area contributed by atoms with E-state index in [1.54, 1.807) is 17.0 Å². The molecule has 0 fully saturated rings. The second-order valence-corrected chi connectivity index (χ2v) is 4.32. The van der Waals surface area contributed by atoms with Crippen LogP contribution in [0.4, 0.5) is 0 Å². The molecule has 0 saturated carbocycles. The van der Waals surface area contributed by atoms with Gasteiger partial charge in [0.1, 0.15) is 11.5 Å². The summed E-state index contributed by atoms with van der Waals surface area (Å²) in [7, 11) is 1.52. The van der Waals surface area contributed by atoms with E-state index < -0.39 is 0 Å². The first-order valence-corrected chi connectivity index (χ1v) is 6.50. The van der Waals surface area contributed by atoms with Crippen molar-refractivity contribution in [3.05, 3.63) is 23.8 Å². The van der Waals surface area contributed by atoms with Crippen LogP contribution in [0.2, 0.25) is 0 Å². The van der Waals surface area contributed by atoms with Crippen LogP contribution in [0.3, 0.4) is 0 Å². The van der Waals surface area contributed by atoms with E-state index in [1.807, 2.05) is 0 Å². The van der Waals surface area contributed by atoms with E-state index in [-0.39, 0.29) is 17.2 Å². The number of ether oxygens (including phenoxy) is 1. The number of carbonyl (C=O) groups excluding carboxylic acids is 1. The molecule has 0 unspecified atom stereocenters. The number of phenolic OH excluding ortho intramolecular Hbond substituents is 1. The van der Waals surface area contributed by atoms with Crippen molar-refractivity contribution in [2.24, 2.45) is 5.73 Å². The summed E-state index contributed by atoms with van der Waals surface area (Å²) in [5.41, 5.74) is 5.78. The number of nitrogens with two attached hydrogens (primary N) is 1. The number of rotatable bonds is 7. The highest BCUT2D eigenvalue weighted by Crippen LogP contribution is 2.24. The number of amides is 1. The minimum absolute atomic E-state index is 0.0377. The van der Waals surface area contributed by atoms with Gasteiger partial charge >= 0.3 is 0 Å². The molecule has 0 aliphatic heterocycles. The average molecular weight is 266 g/mol. The summed E-state index contributed by atoms with van der Waals surface area (Å²) in [6.45, 7) is 3.59. The first kappa shape index (κ1) is 15.3. The van der Waals surface area contributed by atoms with Gasteiger partial charge in [-0.25, -0.2) is 0 Å². The van der Waals surface area contributed by atoms with Crippen LogP contribution in [-0.2, 0) is 0 Å². The molecule has 3 N–H and O–H groups in total. The number of hydrogen-bond acceptors (Lipinski definition) is 4. The molecule has 0 spiro atoms. The van der Waals surface area contributed by atoms with Crippen LogP contribution in [0.15, 0.2) is 18.2 Å². The molecular weight excluding hydrogens is 244 g/mol. The number of hydrogen-bond donors (Lipinski definition) is 2. The van der Waals surface area contributed by atoms with E-state index in [4.69, 9.17) is 10.5 Å². The zero-order valence-corrected chi connectivity index (χ0v) is 11.6. The lowest BCUT2D eigenvalue weighted by Crippen LogP contribution is -2.36. The molecule has 5 heteroatoms.